The van der Waals surface area contributed by atoms with E-state index in [1.54, 1.807) is 13.2 Å². The van der Waals surface area contributed by atoms with Gasteiger partial charge in [-0.1, -0.05) is 26.0 Å². The lowest BCUT2D eigenvalue weighted by Crippen LogP contribution is -2.11. The van der Waals surface area contributed by atoms with Crippen molar-refractivity contribution in [1.82, 2.24) is 9.97 Å². The lowest BCUT2D eigenvalue weighted by atomic mass is 10.2. The molecule has 0 unspecified atom stereocenters. The summed E-state index contributed by atoms with van der Waals surface area (Å²) in [6.07, 6.45) is 0. The summed E-state index contributed by atoms with van der Waals surface area (Å²) in [6, 6.07) is 9.01. The van der Waals surface area contributed by atoms with Gasteiger partial charge in [0.25, 0.3) is 0 Å². The average molecular weight is 274 g/mol. The molecule has 106 valence electrons. The fourth-order valence-electron chi connectivity index (χ4n) is 1.64. The Morgan fingerprint density at radius 1 is 1.15 bits per heavy atom. The van der Waals surface area contributed by atoms with Gasteiger partial charge in [0.2, 0.25) is 5.88 Å². The summed E-state index contributed by atoms with van der Waals surface area (Å²) in [5.41, 5.74) is 2.51. The molecule has 0 aliphatic heterocycles. The number of anilines is 1. The van der Waals surface area contributed by atoms with Crippen LogP contribution in [0.3, 0.4) is 0 Å². The summed E-state index contributed by atoms with van der Waals surface area (Å²) < 4.78 is 11.0. The van der Waals surface area contributed by atoms with Crippen LogP contribution in [-0.2, 0) is 0 Å². The predicted octanol–water partition coefficient (Wildman–Crippen LogP) is 2.69. The number of hydrazine groups is 1. The summed E-state index contributed by atoms with van der Waals surface area (Å²) in [6.45, 7) is 4.00. The predicted molar refractivity (Wildman–Crippen MR) is 77.0 cm³/mol. The first-order chi connectivity index (χ1) is 9.63. The highest BCUT2D eigenvalue weighted by molar-refractivity contribution is 5.44. The zero-order chi connectivity index (χ0) is 14.5. The molecule has 0 spiro atoms. The molecule has 2 rings (SSSR count). The van der Waals surface area contributed by atoms with Gasteiger partial charge in [0.15, 0.2) is 11.5 Å². The molecule has 0 aliphatic carbocycles. The second-order valence-electron chi connectivity index (χ2n) is 4.50. The van der Waals surface area contributed by atoms with Crippen LogP contribution in [0.15, 0.2) is 30.3 Å². The molecule has 1 heterocycles. The maximum absolute atomic E-state index is 5.76. The minimum atomic E-state index is 0.170. The third-order valence-corrected chi connectivity index (χ3v) is 2.67. The van der Waals surface area contributed by atoms with E-state index in [-0.39, 0.29) is 5.92 Å². The third kappa shape index (κ3) is 3.16. The van der Waals surface area contributed by atoms with Gasteiger partial charge in [0.1, 0.15) is 11.6 Å². The van der Waals surface area contributed by atoms with Crippen LogP contribution in [0.5, 0.6) is 17.4 Å². The molecule has 1 aromatic carbocycles. The normalized spacial score (nSPS) is 10.4. The smallest absolute Gasteiger partial charge is 0.224 e. The molecule has 0 bridgehead atoms. The first kappa shape index (κ1) is 14.1. The molecule has 6 heteroatoms. The van der Waals surface area contributed by atoms with Crippen molar-refractivity contribution in [3.63, 3.8) is 0 Å². The quantitative estimate of drug-likeness (QED) is 0.644. The number of nitrogens with zero attached hydrogens (tertiary/aromatic N) is 2. The molecule has 2 aromatic rings. The molecule has 0 aliphatic rings. The number of hydrogen-bond acceptors (Lipinski definition) is 6. The zero-order valence-corrected chi connectivity index (χ0v) is 11.8. The molecule has 0 saturated heterocycles. The Morgan fingerprint density at radius 2 is 1.85 bits per heavy atom. The van der Waals surface area contributed by atoms with Crippen molar-refractivity contribution in [2.75, 3.05) is 12.5 Å². The van der Waals surface area contributed by atoms with E-state index in [1.807, 2.05) is 38.1 Å². The van der Waals surface area contributed by atoms with Gasteiger partial charge in [0, 0.05) is 12.0 Å². The van der Waals surface area contributed by atoms with Gasteiger partial charge in [-0.25, -0.2) is 10.8 Å². The molecule has 3 N–H and O–H groups in total. The van der Waals surface area contributed by atoms with Crippen LogP contribution in [-0.4, -0.2) is 17.1 Å². The molecule has 0 fully saturated rings. The van der Waals surface area contributed by atoms with Crippen molar-refractivity contribution < 1.29 is 9.47 Å². The maximum Gasteiger partial charge on any atom is 0.224 e. The fourth-order valence-corrected chi connectivity index (χ4v) is 1.64. The van der Waals surface area contributed by atoms with E-state index in [0.717, 1.165) is 0 Å². The summed E-state index contributed by atoms with van der Waals surface area (Å²) in [5, 5.41) is 0. The molecule has 6 nitrogen and oxygen atoms in total. The highest BCUT2D eigenvalue weighted by Crippen LogP contribution is 2.31. The number of ether oxygens (including phenoxy) is 2. The first-order valence-electron chi connectivity index (χ1n) is 6.30. The molecule has 20 heavy (non-hydrogen) atoms. The monoisotopic (exact) mass is 274 g/mol. The number of aromatic nitrogens is 2. The number of para-hydroxylation sites is 2. The number of nitrogens with two attached hydrogens (primary N) is 1. The van der Waals surface area contributed by atoms with Crippen LogP contribution in [0.4, 0.5) is 5.82 Å². The van der Waals surface area contributed by atoms with Gasteiger partial charge in [-0.2, -0.15) is 4.98 Å². The van der Waals surface area contributed by atoms with E-state index in [4.69, 9.17) is 15.3 Å². The van der Waals surface area contributed by atoms with Crippen LogP contribution in [0, 0.1) is 0 Å². The van der Waals surface area contributed by atoms with Gasteiger partial charge in [-0.3, -0.25) is 0 Å². The molecule has 0 atom stereocenters. The molecule has 1 aromatic heterocycles. The van der Waals surface area contributed by atoms with Crippen LogP contribution in [0.1, 0.15) is 25.6 Å². The summed E-state index contributed by atoms with van der Waals surface area (Å²) in [7, 11) is 1.59. The molecular weight excluding hydrogens is 256 g/mol. The van der Waals surface area contributed by atoms with Crippen LogP contribution >= 0.6 is 0 Å². The second kappa shape index (κ2) is 6.21. The number of nitrogen functional groups attached to an aromatic ring is 1. The lowest BCUT2D eigenvalue weighted by molar-refractivity contribution is 0.373. The second-order valence-corrected chi connectivity index (χ2v) is 4.50. The Hall–Kier alpha value is -2.34. The molecular formula is C14H18N4O2. The van der Waals surface area contributed by atoms with Gasteiger partial charge < -0.3 is 14.9 Å². The van der Waals surface area contributed by atoms with Gasteiger partial charge >= 0.3 is 0 Å². The standard InChI is InChI=1S/C14H18N4O2/c1-9(2)14-16-12(18-15)8-13(17-14)20-11-7-5-4-6-10(11)19-3/h4-9H,15H2,1-3H3,(H,16,17,18). The van der Waals surface area contributed by atoms with Crippen molar-refractivity contribution in [3.8, 4) is 17.4 Å². The molecule has 0 saturated carbocycles. The number of benzene rings is 1. The number of nitrogens with one attached hydrogen (secondary N) is 1. The summed E-state index contributed by atoms with van der Waals surface area (Å²) >= 11 is 0. The zero-order valence-electron chi connectivity index (χ0n) is 11.8. The number of rotatable bonds is 5. The van der Waals surface area contributed by atoms with E-state index in [0.29, 0.717) is 29.0 Å². The van der Waals surface area contributed by atoms with Gasteiger partial charge in [-0.05, 0) is 12.1 Å². The van der Waals surface area contributed by atoms with Crippen LogP contribution in [0.2, 0.25) is 0 Å². The Balaban J connectivity index is 2.35. The SMILES string of the molecule is COc1ccccc1Oc1cc(NN)nc(C(C)C)n1. The van der Waals surface area contributed by atoms with E-state index >= 15 is 0 Å². The minimum Gasteiger partial charge on any atom is -0.493 e. The number of hydrogen-bond donors (Lipinski definition) is 2. The Kier molecular flexibility index (Phi) is 4.37. The Morgan fingerprint density at radius 3 is 2.45 bits per heavy atom. The lowest BCUT2D eigenvalue weighted by Gasteiger charge is -2.12. The van der Waals surface area contributed by atoms with E-state index in [1.165, 1.54) is 0 Å². The highest BCUT2D eigenvalue weighted by Gasteiger charge is 2.11. The third-order valence-electron chi connectivity index (χ3n) is 2.67. The van der Waals surface area contributed by atoms with Gasteiger partial charge in [-0.15, -0.1) is 0 Å². The van der Waals surface area contributed by atoms with Crippen molar-refractivity contribution in [3.05, 3.63) is 36.2 Å². The Labute approximate surface area is 117 Å². The summed E-state index contributed by atoms with van der Waals surface area (Å²) in [4.78, 5) is 8.64. The fraction of sp³-hybridized carbons (Fsp3) is 0.286. The molecule has 0 radical (unpaired) electrons. The van der Waals surface area contributed by atoms with E-state index in [2.05, 4.69) is 15.4 Å². The Bertz CT molecular complexity index is 587. The van der Waals surface area contributed by atoms with Crippen LogP contribution < -0.4 is 20.7 Å². The van der Waals surface area contributed by atoms with Crippen molar-refractivity contribution in [2.24, 2.45) is 5.84 Å². The minimum absolute atomic E-state index is 0.170. The number of methoxy groups -OCH3 is 1. The summed E-state index contributed by atoms with van der Waals surface area (Å²) in [5.74, 6) is 8.40. The average Bonchev–Trinajstić information content (AvgIpc) is 2.47. The van der Waals surface area contributed by atoms with Crippen molar-refractivity contribution in [2.45, 2.75) is 19.8 Å². The van der Waals surface area contributed by atoms with Crippen molar-refractivity contribution >= 4 is 5.82 Å². The topological polar surface area (TPSA) is 82.3 Å². The van der Waals surface area contributed by atoms with E-state index in [9.17, 15) is 0 Å². The highest BCUT2D eigenvalue weighted by atomic mass is 16.5. The molecule has 0 amide bonds. The van der Waals surface area contributed by atoms with E-state index < -0.39 is 0 Å². The van der Waals surface area contributed by atoms with Crippen LogP contribution in [0.25, 0.3) is 0 Å². The maximum atomic E-state index is 5.76. The van der Waals surface area contributed by atoms with Crippen molar-refractivity contribution in [1.29, 1.82) is 0 Å². The largest absolute Gasteiger partial charge is 0.493 e. The van der Waals surface area contributed by atoms with Gasteiger partial charge in [0.05, 0.1) is 7.11 Å². The first-order valence-corrected chi connectivity index (χ1v) is 6.30.